The molecule has 1 atom stereocenters. The Morgan fingerprint density at radius 2 is 1.74 bits per heavy atom. The molecule has 1 N–H and O–H groups in total. The van der Waals surface area contributed by atoms with Gasteiger partial charge in [-0.15, -0.1) is 11.8 Å². The third kappa shape index (κ3) is 6.70. The fourth-order valence-electron chi connectivity index (χ4n) is 2.79. The first-order valence-electron chi connectivity index (χ1n) is 8.92. The van der Waals surface area contributed by atoms with Gasteiger partial charge in [-0.3, -0.25) is 9.59 Å². The molecule has 2 aromatic carbocycles. The number of hydrogen-bond donors (Lipinski definition) is 1. The molecule has 0 saturated heterocycles. The summed E-state index contributed by atoms with van der Waals surface area (Å²) in [5.74, 6) is 0.960. The molecule has 0 aliphatic carbocycles. The van der Waals surface area contributed by atoms with Gasteiger partial charge < -0.3 is 10.2 Å². The second-order valence-corrected chi connectivity index (χ2v) is 8.07. The van der Waals surface area contributed by atoms with Gasteiger partial charge in [-0.2, -0.15) is 0 Å². The van der Waals surface area contributed by atoms with Crippen LogP contribution >= 0.6 is 27.7 Å². The van der Waals surface area contributed by atoms with Crippen molar-refractivity contribution in [2.75, 3.05) is 12.8 Å². The zero-order valence-electron chi connectivity index (χ0n) is 15.7. The predicted octanol–water partition coefficient (Wildman–Crippen LogP) is 4.24. The SMILES string of the molecule is CC[C@@H](C(=O)NC)N(Cc1ccccc1)C(=O)CSCc1ccc(Br)cc1. The highest BCUT2D eigenvalue weighted by Gasteiger charge is 2.27. The summed E-state index contributed by atoms with van der Waals surface area (Å²) in [5.41, 5.74) is 2.19. The summed E-state index contributed by atoms with van der Waals surface area (Å²) in [4.78, 5) is 26.9. The molecular formula is C21H25BrN2O2S. The van der Waals surface area contributed by atoms with E-state index in [4.69, 9.17) is 0 Å². The van der Waals surface area contributed by atoms with Gasteiger partial charge in [0.15, 0.2) is 0 Å². The van der Waals surface area contributed by atoms with E-state index < -0.39 is 6.04 Å². The lowest BCUT2D eigenvalue weighted by Gasteiger charge is -2.30. The molecule has 0 aromatic heterocycles. The lowest BCUT2D eigenvalue weighted by Crippen LogP contribution is -2.48. The van der Waals surface area contributed by atoms with Gasteiger partial charge in [0.2, 0.25) is 11.8 Å². The van der Waals surface area contributed by atoms with Crippen molar-refractivity contribution in [3.05, 3.63) is 70.2 Å². The first-order chi connectivity index (χ1) is 13.0. The number of likely N-dealkylation sites (N-methyl/N-ethyl adjacent to an activating group) is 1. The second-order valence-electron chi connectivity index (χ2n) is 6.16. The van der Waals surface area contributed by atoms with E-state index in [1.807, 2.05) is 61.5 Å². The fraction of sp³-hybridized carbons (Fsp3) is 0.333. The molecule has 0 aliphatic rings. The van der Waals surface area contributed by atoms with Crippen LogP contribution in [0.4, 0.5) is 0 Å². The summed E-state index contributed by atoms with van der Waals surface area (Å²) in [6.45, 7) is 2.37. The van der Waals surface area contributed by atoms with Crippen molar-refractivity contribution < 1.29 is 9.59 Å². The molecule has 144 valence electrons. The Labute approximate surface area is 173 Å². The number of nitrogens with one attached hydrogen (secondary N) is 1. The Hall–Kier alpha value is -1.79. The Kier molecular flexibility index (Phi) is 8.88. The summed E-state index contributed by atoms with van der Waals surface area (Å²) < 4.78 is 1.04. The minimum atomic E-state index is -0.462. The number of hydrogen-bond acceptors (Lipinski definition) is 3. The number of nitrogens with zero attached hydrogens (tertiary/aromatic N) is 1. The van der Waals surface area contributed by atoms with Crippen LogP contribution < -0.4 is 5.32 Å². The lowest BCUT2D eigenvalue weighted by atomic mass is 10.1. The molecular weight excluding hydrogens is 424 g/mol. The van der Waals surface area contributed by atoms with Crippen molar-refractivity contribution in [1.29, 1.82) is 0 Å². The smallest absolute Gasteiger partial charge is 0.242 e. The van der Waals surface area contributed by atoms with Crippen LogP contribution in [-0.2, 0) is 21.9 Å². The molecule has 6 heteroatoms. The topological polar surface area (TPSA) is 49.4 Å². The second kappa shape index (κ2) is 11.1. The summed E-state index contributed by atoms with van der Waals surface area (Å²) in [7, 11) is 1.61. The van der Waals surface area contributed by atoms with Crippen LogP contribution in [0, 0.1) is 0 Å². The van der Waals surface area contributed by atoms with Crippen molar-refractivity contribution in [3.8, 4) is 0 Å². The lowest BCUT2D eigenvalue weighted by molar-refractivity contribution is -0.139. The van der Waals surface area contributed by atoms with Crippen molar-refractivity contribution in [1.82, 2.24) is 10.2 Å². The van der Waals surface area contributed by atoms with Gasteiger partial charge in [-0.1, -0.05) is 65.3 Å². The molecule has 0 fully saturated rings. The number of halogens is 1. The van der Waals surface area contributed by atoms with Crippen LogP contribution in [0.25, 0.3) is 0 Å². The van der Waals surface area contributed by atoms with Gasteiger partial charge in [0, 0.05) is 23.8 Å². The Morgan fingerprint density at radius 3 is 2.33 bits per heavy atom. The molecule has 0 radical (unpaired) electrons. The van der Waals surface area contributed by atoms with Gasteiger partial charge >= 0.3 is 0 Å². The van der Waals surface area contributed by atoms with Gasteiger partial charge in [0.25, 0.3) is 0 Å². The Balaban J connectivity index is 2.05. The monoisotopic (exact) mass is 448 g/mol. The molecule has 2 aromatic rings. The van der Waals surface area contributed by atoms with Gasteiger partial charge in [-0.25, -0.2) is 0 Å². The number of amides is 2. The molecule has 0 bridgehead atoms. The molecule has 2 rings (SSSR count). The van der Waals surface area contributed by atoms with Crippen molar-refractivity contribution >= 4 is 39.5 Å². The molecule has 0 aliphatic heterocycles. The summed E-state index contributed by atoms with van der Waals surface area (Å²) in [5, 5.41) is 2.68. The minimum Gasteiger partial charge on any atom is -0.357 e. The van der Waals surface area contributed by atoms with Crippen LogP contribution in [0.5, 0.6) is 0 Å². The predicted molar refractivity (Wildman–Crippen MR) is 115 cm³/mol. The molecule has 0 saturated carbocycles. The quantitative estimate of drug-likeness (QED) is 0.623. The standard InChI is InChI=1S/C21H25BrN2O2S/c1-3-19(21(26)23-2)24(13-16-7-5-4-6-8-16)20(25)15-27-14-17-9-11-18(22)12-10-17/h4-12,19H,3,13-15H2,1-2H3,(H,23,26)/t19-/m0/s1. The van der Waals surface area contributed by atoms with E-state index in [0.717, 1.165) is 15.8 Å². The van der Waals surface area contributed by atoms with Crippen molar-refractivity contribution in [2.24, 2.45) is 0 Å². The number of carbonyl (C=O) groups is 2. The third-order valence-corrected chi connectivity index (χ3v) is 5.75. The maximum Gasteiger partial charge on any atom is 0.242 e. The normalized spacial score (nSPS) is 11.7. The van der Waals surface area contributed by atoms with Crippen LogP contribution in [0.15, 0.2) is 59.1 Å². The number of thioether (sulfide) groups is 1. The maximum absolute atomic E-state index is 12.9. The van der Waals surface area contributed by atoms with Crippen LogP contribution in [-0.4, -0.2) is 35.6 Å². The van der Waals surface area contributed by atoms with Crippen LogP contribution in [0.3, 0.4) is 0 Å². The molecule has 4 nitrogen and oxygen atoms in total. The first-order valence-corrected chi connectivity index (χ1v) is 10.9. The Bertz CT molecular complexity index is 738. The van der Waals surface area contributed by atoms with Crippen LogP contribution in [0.1, 0.15) is 24.5 Å². The summed E-state index contributed by atoms with van der Waals surface area (Å²) >= 11 is 4.99. The minimum absolute atomic E-state index is 0.0172. The van der Waals surface area contributed by atoms with E-state index in [-0.39, 0.29) is 11.8 Å². The van der Waals surface area contributed by atoms with Crippen molar-refractivity contribution in [2.45, 2.75) is 31.7 Å². The van der Waals surface area contributed by atoms with E-state index in [1.54, 1.807) is 23.7 Å². The molecule has 2 amide bonds. The molecule has 27 heavy (non-hydrogen) atoms. The highest BCUT2D eigenvalue weighted by molar-refractivity contribution is 9.10. The average molecular weight is 449 g/mol. The van der Waals surface area contributed by atoms with Gasteiger partial charge in [0.05, 0.1) is 5.75 Å². The molecule has 0 heterocycles. The van der Waals surface area contributed by atoms with Crippen molar-refractivity contribution in [3.63, 3.8) is 0 Å². The first kappa shape index (κ1) is 21.5. The highest BCUT2D eigenvalue weighted by Crippen LogP contribution is 2.18. The van der Waals surface area contributed by atoms with E-state index >= 15 is 0 Å². The summed E-state index contributed by atoms with van der Waals surface area (Å²) in [6, 6.07) is 17.4. The van der Waals surface area contributed by atoms with E-state index in [2.05, 4.69) is 21.2 Å². The third-order valence-electron chi connectivity index (χ3n) is 4.24. The van der Waals surface area contributed by atoms with Crippen LogP contribution in [0.2, 0.25) is 0 Å². The number of rotatable bonds is 9. The largest absolute Gasteiger partial charge is 0.357 e. The zero-order chi connectivity index (χ0) is 19.6. The van der Waals surface area contributed by atoms with Gasteiger partial charge in [0.1, 0.15) is 6.04 Å². The average Bonchev–Trinajstić information content (AvgIpc) is 2.69. The number of carbonyl (C=O) groups excluding carboxylic acids is 2. The fourth-order valence-corrected chi connectivity index (χ4v) is 3.92. The van der Waals surface area contributed by atoms with E-state index in [1.165, 1.54) is 5.56 Å². The molecule has 0 spiro atoms. The maximum atomic E-state index is 12.9. The number of benzene rings is 2. The van der Waals surface area contributed by atoms with E-state index in [0.29, 0.717) is 18.7 Å². The summed E-state index contributed by atoms with van der Waals surface area (Å²) in [6.07, 6.45) is 0.579. The Morgan fingerprint density at radius 1 is 1.07 bits per heavy atom. The van der Waals surface area contributed by atoms with Gasteiger partial charge in [-0.05, 0) is 29.7 Å². The van der Waals surface area contributed by atoms with E-state index in [9.17, 15) is 9.59 Å². The molecule has 0 unspecified atom stereocenters. The highest BCUT2D eigenvalue weighted by atomic mass is 79.9. The zero-order valence-corrected chi connectivity index (χ0v) is 18.1.